The molecule has 0 aromatic carbocycles. The van der Waals surface area contributed by atoms with E-state index < -0.39 is 0 Å². The minimum absolute atomic E-state index is 0.0726. The lowest BCUT2D eigenvalue weighted by Gasteiger charge is -2.35. The largest absolute Gasteiger partial charge is 0.336 e. The molecule has 0 aliphatic carbocycles. The van der Waals surface area contributed by atoms with E-state index in [-0.39, 0.29) is 11.1 Å². The van der Waals surface area contributed by atoms with Crippen molar-refractivity contribution in [2.24, 2.45) is 0 Å². The smallest absolute Gasteiger partial charge is 0.255 e. The maximum atomic E-state index is 12.5. The average Bonchev–Trinajstić information content (AvgIpc) is 2.47. The highest BCUT2D eigenvalue weighted by molar-refractivity contribution is 6.35. The summed E-state index contributed by atoms with van der Waals surface area (Å²) >= 11 is 11.9. The van der Waals surface area contributed by atoms with Crippen LogP contribution in [0.15, 0.2) is 12.3 Å². The van der Waals surface area contributed by atoms with E-state index in [4.69, 9.17) is 23.2 Å². The number of carbonyl (C=O) groups excluding carboxylic acids is 1. The van der Waals surface area contributed by atoms with Crippen molar-refractivity contribution in [2.45, 2.75) is 0 Å². The van der Waals surface area contributed by atoms with Gasteiger partial charge in [0.2, 0.25) is 0 Å². The quantitative estimate of drug-likeness (QED) is 0.788. The summed E-state index contributed by atoms with van der Waals surface area (Å²) in [5.74, 6) is -0.0726. The van der Waals surface area contributed by atoms with Crippen LogP contribution >= 0.6 is 23.2 Å². The Morgan fingerprint density at radius 1 is 1.29 bits per heavy atom. The number of likely N-dealkylation sites (N-methyl/N-ethyl adjacent to an activating group) is 1. The SMILES string of the molecule is CN(C)CCN1CCN(C(=O)c2cc(Cl)ncc2Cl)CC1. The molecule has 0 N–H and O–H groups in total. The predicted molar refractivity (Wildman–Crippen MR) is 85.2 cm³/mol. The topological polar surface area (TPSA) is 39.7 Å². The second kappa shape index (κ2) is 7.40. The number of piperazine rings is 1. The molecule has 2 heterocycles. The monoisotopic (exact) mass is 330 g/mol. The average molecular weight is 331 g/mol. The van der Waals surface area contributed by atoms with Gasteiger partial charge in [-0.3, -0.25) is 9.69 Å². The third-order valence-electron chi connectivity index (χ3n) is 3.58. The molecular weight excluding hydrogens is 311 g/mol. The third kappa shape index (κ3) is 4.54. The van der Waals surface area contributed by atoms with E-state index in [1.807, 2.05) is 4.90 Å². The fraction of sp³-hybridized carbons (Fsp3) is 0.571. The zero-order valence-electron chi connectivity index (χ0n) is 12.4. The molecule has 2 rings (SSSR count). The Kier molecular flexibility index (Phi) is 5.81. The van der Waals surface area contributed by atoms with Gasteiger partial charge >= 0.3 is 0 Å². The van der Waals surface area contributed by atoms with Crippen molar-refractivity contribution in [3.63, 3.8) is 0 Å². The van der Waals surface area contributed by atoms with Gasteiger partial charge in [0.05, 0.1) is 10.6 Å². The molecule has 0 spiro atoms. The van der Waals surface area contributed by atoms with Crippen LogP contribution in [0.1, 0.15) is 10.4 Å². The molecule has 1 aliphatic heterocycles. The van der Waals surface area contributed by atoms with Crippen molar-refractivity contribution >= 4 is 29.1 Å². The van der Waals surface area contributed by atoms with Crippen LogP contribution in [0.2, 0.25) is 10.2 Å². The highest BCUT2D eigenvalue weighted by Gasteiger charge is 2.23. The normalized spacial score (nSPS) is 16.5. The van der Waals surface area contributed by atoms with E-state index >= 15 is 0 Å². The molecule has 1 amide bonds. The highest BCUT2D eigenvalue weighted by atomic mass is 35.5. The number of carbonyl (C=O) groups is 1. The molecule has 0 saturated carbocycles. The van der Waals surface area contributed by atoms with Gasteiger partial charge < -0.3 is 9.80 Å². The molecule has 1 fully saturated rings. The van der Waals surface area contributed by atoms with Gasteiger partial charge in [0.25, 0.3) is 5.91 Å². The number of rotatable bonds is 4. The van der Waals surface area contributed by atoms with Crippen LogP contribution in [0.3, 0.4) is 0 Å². The van der Waals surface area contributed by atoms with Crippen molar-refractivity contribution < 1.29 is 4.79 Å². The number of hydrogen-bond acceptors (Lipinski definition) is 4. The highest BCUT2D eigenvalue weighted by Crippen LogP contribution is 2.20. The molecular formula is C14H20Cl2N4O. The molecule has 21 heavy (non-hydrogen) atoms. The summed E-state index contributed by atoms with van der Waals surface area (Å²) in [6.07, 6.45) is 1.42. The van der Waals surface area contributed by atoms with Gasteiger partial charge in [0, 0.05) is 45.5 Å². The first-order chi connectivity index (χ1) is 9.97. The summed E-state index contributed by atoms with van der Waals surface area (Å²) in [5, 5.41) is 0.631. The molecule has 5 nitrogen and oxygen atoms in total. The van der Waals surface area contributed by atoms with Gasteiger partial charge in [-0.25, -0.2) is 4.98 Å². The Bertz CT molecular complexity index is 502. The van der Waals surface area contributed by atoms with Gasteiger partial charge in [-0.05, 0) is 20.2 Å². The van der Waals surface area contributed by atoms with Crippen molar-refractivity contribution in [1.82, 2.24) is 19.7 Å². The van der Waals surface area contributed by atoms with Crippen LogP contribution < -0.4 is 0 Å². The standard InChI is InChI=1S/C14H20Cl2N4O/c1-18(2)3-4-19-5-7-20(8-6-19)14(21)11-9-13(16)17-10-12(11)15/h9-10H,3-8H2,1-2H3. The first kappa shape index (κ1) is 16.5. The van der Waals surface area contributed by atoms with E-state index in [9.17, 15) is 4.79 Å². The molecule has 0 unspecified atom stereocenters. The van der Waals surface area contributed by atoms with Gasteiger partial charge in [0.15, 0.2) is 0 Å². The van der Waals surface area contributed by atoms with Crippen LogP contribution in [0.4, 0.5) is 0 Å². The van der Waals surface area contributed by atoms with E-state index in [0.29, 0.717) is 23.7 Å². The van der Waals surface area contributed by atoms with Crippen molar-refractivity contribution in [2.75, 3.05) is 53.4 Å². The number of amides is 1. The molecule has 0 atom stereocenters. The van der Waals surface area contributed by atoms with Gasteiger partial charge in [-0.15, -0.1) is 0 Å². The van der Waals surface area contributed by atoms with E-state index in [1.165, 1.54) is 12.3 Å². The van der Waals surface area contributed by atoms with Gasteiger partial charge in [-0.2, -0.15) is 0 Å². The Labute approximate surface area is 135 Å². The lowest BCUT2D eigenvalue weighted by Crippen LogP contribution is -2.50. The lowest BCUT2D eigenvalue weighted by atomic mass is 10.2. The Balaban J connectivity index is 1.92. The molecule has 116 valence electrons. The summed E-state index contributed by atoms with van der Waals surface area (Å²) in [5.41, 5.74) is 0.429. The third-order valence-corrected chi connectivity index (χ3v) is 4.08. The Morgan fingerprint density at radius 2 is 1.95 bits per heavy atom. The summed E-state index contributed by atoms with van der Waals surface area (Å²) in [6.45, 7) is 5.24. The summed E-state index contributed by atoms with van der Waals surface area (Å²) < 4.78 is 0. The van der Waals surface area contributed by atoms with E-state index in [1.54, 1.807) is 0 Å². The number of nitrogens with zero attached hydrogens (tertiary/aromatic N) is 4. The van der Waals surface area contributed by atoms with Crippen LogP contribution in [0.25, 0.3) is 0 Å². The minimum Gasteiger partial charge on any atom is -0.336 e. The number of hydrogen-bond donors (Lipinski definition) is 0. The summed E-state index contributed by atoms with van der Waals surface area (Å²) in [4.78, 5) is 22.7. The Morgan fingerprint density at radius 3 is 2.57 bits per heavy atom. The fourth-order valence-corrected chi connectivity index (χ4v) is 2.61. The van der Waals surface area contributed by atoms with Crippen molar-refractivity contribution in [3.8, 4) is 0 Å². The maximum absolute atomic E-state index is 12.5. The van der Waals surface area contributed by atoms with Crippen molar-refractivity contribution in [3.05, 3.63) is 28.0 Å². The minimum atomic E-state index is -0.0726. The number of pyridine rings is 1. The lowest BCUT2D eigenvalue weighted by molar-refractivity contribution is 0.0630. The molecule has 0 radical (unpaired) electrons. The summed E-state index contributed by atoms with van der Waals surface area (Å²) in [6, 6.07) is 1.53. The van der Waals surface area contributed by atoms with Crippen LogP contribution in [-0.4, -0.2) is 79.0 Å². The summed E-state index contributed by atoms with van der Waals surface area (Å²) in [7, 11) is 4.13. The van der Waals surface area contributed by atoms with Gasteiger partial charge in [0.1, 0.15) is 5.15 Å². The van der Waals surface area contributed by atoms with E-state index in [0.717, 1.165) is 26.2 Å². The zero-order valence-corrected chi connectivity index (χ0v) is 13.9. The predicted octanol–water partition coefficient (Wildman–Crippen LogP) is 1.71. The van der Waals surface area contributed by atoms with E-state index in [2.05, 4.69) is 28.9 Å². The molecule has 0 bridgehead atoms. The molecule has 1 saturated heterocycles. The Hall–Kier alpha value is -0.880. The maximum Gasteiger partial charge on any atom is 0.255 e. The molecule has 1 aliphatic rings. The van der Waals surface area contributed by atoms with Crippen LogP contribution in [-0.2, 0) is 0 Å². The number of halogens is 2. The van der Waals surface area contributed by atoms with Crippen LogP contribution in [0.5, 0.6) is 0 Å². The fourth-order valence-electron chi connectivity index (χ4n) is 2.26. The first-order valence-corrected chi connectivity index (χ1v) is 7.70. The zero-order chi connectivity index (χ0) is 15.4. The molecule has 1 aromatic heterocycles. The van der Waals surface area contributed by atoms with Crippen LogP contribution in [0, 0.1) is 0 Å². The second-order valence-corrected chi connectivity index (χ2v) is 6.22. The second-order valence-electron chi connectivity index (χ2n) is 5.42. The first-order valence-electron chi connectivity index (χ1n) is 6.95. The van der Waals surface area contributed by atoms with Crippen molar-refractivity contribution in [1.29, 1.82) is 0 Å². The molecule has 7 heteroatoms. The number of aromatic nitrogens is 1. The van der Waals surface area contributed by atoms with Gasteiger partial charge in [-0.1, -0.05) is 23.2 Å². The molecule has 1 aromatic rings.